The summed E-state index contributed by atoms with van der Waals surface area (Å²) in [6, 6.07) is 15.7. The highest BCUT2D eigenvalue weighted by Crippen LogP contribution is 2.32. The Balaban J connectivity index is 1.44. The second kappa shape index (κ2) is 7.08. The van der Waals surface area contributed by atoms with Crippen LogP contribution in [0.4, 0.5) is 0 Å². The zero-order valence-electron chi connectivity index (χ0n) is 15.7. The first-order chi connectivity index (χ1) is 13.7. The number of piperidine rings is 3. The van der Waals surface area contributed by atoms with Gasteiger partial charge in [0.2, 0.25) is 0 Å². The number of carbonyl (C=O) groups excluding carboxylic acids is 1. The van der Waals surface area contributed by atoms with Crippen LogP contribution in [0.1, 0.15) is 29.0 Å². The Hall–Kier alpha value is -2.63. The highest BCUT2D eigenvalue weighted by atomic mass is 16.3. The van der Waals surface area contributed by atoms with Crippen molar-refractivity contribution in [1.82, 2.24) is 10.2 Å². The molecule has 0 spiro atoms. The maximum absolute atomic E-state index is 12.9. The van der Waals surface area contributed by atoms with E-state index in [0.717, 1.165) is 54.6 Å². The molecule has 6 rings (SSSR count). The van der Waals surface area contributed by atoms with E-state index in [4.69, 9.17) is 4.42 Å². The molecule has 3 aromatic rings. The number of nitrogens with zero attached hydrogens (tertiary/aromatic N) is 1. The van der Waals surface area contributed by atoms with Gasteiger partial charge in [0.05, 0.1) is 6.61 Å². The molecule has 4 heterocycles. The van der Waals surface area contributed by atoms with Gasteiger partial charge < -0.3 is 19.7 Å². The van der Waals surface area contributed by atoms with Crippen molar-refractivity contribution in [2.24, 2.45) is 5.92 Å². The minimum absolute atomic E-state index is 0.00476. The van der Waals surface area contributed by atoms with E-state index >= 15 is 0 Å². The van der Waals surface area contributed by atoms with Crippen LogP contribution in [0.15, 0.2) is 52.9 Å². The number of hydrogen-bond acceptors (Lipinski definition) is 4. The molecular formula is C23H24N2O3. The summed E-state index contributed by atoms with van der Waals surface area (Å²) in [7, 11) is 0. The first kappa shape index (κ1) is 17.5. The minimum atomic E-state index is -0.134. The summed E-state index contributed by atoms with van der Waals surface area (Å²) in [5.74, 6) is 0.803. The van der Waals surface area contributed by atoms with Crippen LogP contribution in [0.2, 0.25) is 0 Å². The number of nitrogens with one attached hydrogen (secondary N) is 1. The van der Waals surface area contributed by atoms with Crippen molar-refractivity contribution in [3.05, 3.63) is 59.9 Å². The third-order valence-electron chi connectivity index (χ3n) is 6.16. The Bertz CT molecular complexity index is 1020. The fraction of sp³-hybridized carbons (Fsp3) is 0.348. The molecule has 3 aliphatic rings. The fourth-order valence-electron chi connectivity index (χ4n) is 4.61. The van der Waals surface area contributed by atoms with Crippen LogP contribution < -0.4 is 5.32 Å². The number of amides is 1. The van der Waals surface area contributed by atoms with Gasteiger partial charge in [-0.05, 0) is 55.1 Å². The van der Waals surface area contributed by atoms with Gasteiger partial charge in [0.25, 0.3) is 5.91 Å². The molecule has 28 heavy (non-hydrogen) atoms. The third kappa shape index (κ3) is 3.11. The first-order valence-corrected chi connectivity index (χ1v) is 9.97. The molecule has 3 aliphatic heterocycles. The van der Waals surface area contributed by atoms with E-state index in [9.17, 15) is 9.90 Å². The van der Waals surface area contributed by atoms with Gasteiger partial charge in [0.1, 0.15) is 5.58 Å². The third-order valence-corrected chi connectivity index (χ3v) is 6.16. The monoisotopic (exact) mass is 376 g/mol. The van der Waals surface area contributed by atoms with Crippen molar-refractivity contribution >= 4 is 16.9 Å². The van der Waals surface area contributed by atoms with Crippen LogP contribution in [0.5, 0.6) is 0 Å². The molecule has 3 fully saturated rings. The Labute approximate surface area is 164 Å². The van der Waals surface area contributed by atoms with E-state index in [1.807, 2.05) is 48.5 Å². The van der Waals surface area contributed by atoms with Crippen molar-refractivity contribution in [1.29, 1.82) is 0 Å². The number of aliphatic hydroxyl groups excluding tert-OH is 1. The number of fused-ring (bicyclic) bond motifs is 4. The van der Waals surface area contributed by atoms with Crippen LogP contribution in [-0.4, -0.2) is 41.6 Å². The lowest BCUT2D eigenvalue weighted by Crippen LogP contribution is -2.57. The topological polar surface area (TPSA) is 65.7 Å². The van der Waals surface area contributed by atoms with Crippen LogP contribution in [0.3, 0.4) is 0 Å². The summed E-state index contributed by atoms with van der Waals surface area (Å²) in [5, 5.41) is 13.5. The largest absolute Gasteiger partial charge is 0.450 e. The lowest BCUT2D eigenvalue weighted by atomic mass is 9.84. The Morgan fingerprint density at radius 1 is 1.14 bits per heavy atom. The molecule has 5 heteroatoms. The van der Waals surface area contributed by atoms with Gasteiger partial charge in [-0.3, -0.25) is 4.79 Å². The maximum Gasteiger partial charge on any atom is 0.287 e. The number of hydrogen-bond donors (Lipinski definition) is 2. The van der Waals surface area contributed by atoms with E-state index in [-0.39, 0.29) is 18.6 Å². The van der Waals surface area contributed by atoms with Gasteiger partial charge in [-0.1, -0.05) is 36.4 Å². The van der Waals surface area contributed by atoms with Gasteiger partial charge in [-0.15, -0.1) is 0 Å². The smallest absolute Gasteiger partial charge is 0.287 e. The maximum atomic E-state index is 12.9. The molecule has 5 nitrogen and oxygen atoms in total. The molecule has 0 unspecified atom stereocenters. The highest BCUT2D eigenvalue weighted by Gasteiger charge is 2.35. The number of furan rings is 1. The summed E-state index contributed by atoms with van der Waals surface area (Å²) in [5.41, 5.74) is 3.45. The van der Waals surface area contributed by atoms with Gasteiger partial charge >= 0.3 is 0 Å². The van der Waals surface area contributed by atoms with Crippen molar-refractivity contribution in [2.45, 2.75) is 25.5 Å². The molecule has 144 valence electrons. The molecule has 1 aromatic heterocycles. The zero-order valence-corrected chi connectivity index (χ0v) is 15.7. The molecule has 2 aromatic carbocycles. The number of rotatable bonds is 4. The van der Waals surface area contributed by atoms with Crippen LogP contribution in [-0.2, 0) is 6.61 Å². The quantitative estimate of drug-likeness (QED) is 0.732. The van der Waals surface area contributed by atoms with Crippen molar-refractivity contribution in [3.63, 3.8) is 0 Å². The highest BCUT2D eigenvalue weighted by molar-refractivity contribution is 6.00. The van der Waals surface area contributed by atoms with Gasteiger partial charge in [-0.2, -0.15) is 0 Å². The molecular weight excluding hydrogens is 352 g/mol. The predicted molar refractivity (Wildman–Crippen MR) is 108 cm³/mol. The van der Waals surface area contributed by atoms with E-state index in [1.54, 1.807) is 0 Å². The lowest BCUT2D eigenvalue weighted by molar-refractivity contribution is 0.0607. The Morgan fingerprint density at radius 3 is 2.71 bits per heavy atom. The number of aliphatic hydroxyl groups is 1. The summed E-state index contributed by atoms with van der Waals surface area (Å²) in [6.07, 6.45) is 2.33. The minimum Gasteiger partial charge on any atom is -0.450 e. The SMILES string of the molecule is O=C(N[C@H]1CN2CCC1CC2)c1cc2cccc(-c3cccc(CO)c3)c2o1. The van der Waals surface area contributed by atoms with Crippen molar-refractivity contribution < 1.29 is 14.3 Å². The van der Waals surface area contributed by atoms with E-state index in [2.05, 4.69) is 10.2 Å². The summed E-state index contributed by atoms with van der Waals surface area (Å²) in [4.78, 5) is 15.3. The van der Waals surface area contributed by atoms with E-state index < -0.39 is 0 Å². The van der Waals surface area contributed by atoms with Crippen LogP contribution in [0.25, 0.3) is 22.1 Å². The summed E-state index contributed by atoms with van der Waals surface area (Å²) in [6.45, 7) is 3.24. The van der Waals surface area contributed by atoms with Gasteiger partial charge in [0, 0.05) is 23.5 Å². The second-order valence-corrected chi connectivity index (χ2v) is 7.91. The Morgan fingerprint density at radius 2 is 1.96 bits per heavy atom. The predicted octanol–water partition coefficient (Wildman–Crippen LogP) is 3.42. The molecule has 0 aliphatic carbocycles. The van der Waals surface area contributed by atoms with Gasteiger partial charge in [-0.25, -0.2) is 0 Å². The molecule has 2 bridgehead atoms. The number of para-hydroxylation sites is 1. The number of benzene rings is 2. The second-order valence-electron chi connectivity index (χ2n) is 7.91. The average molecular weight is 376 g/mol. The number of carbonyl (C=O) groups is 1. The molecule has 2 N–H and O–H groups in total. The van der Waals surface area contributed by atoms with E-state index in [1.165, 1.54) is 0 Å². The zero-order chi connectivity index (χ0) is 19.1. The van der Waals surface area contributed by atoms with E-state index in [0.29, 0.717) is 17.3 Å². The molecule has 0 radical (unpaired) electrons. The molecule has 1 atom stereocenters. The van der Waals surface area contributed by atoms with Gasteiger partial charge in [0.15, 0.2) is 5.76 Å². The fourth-order valence-corrected chi connectivity index (χ4v) is 4.61. The Kier molecular flexibility index (Phi) is 4.41. The average Bonchev–Trinajstić information content (AvgIpc) is 3.19. The summed E-state index contributed by atoms with van der Waals surface area (Å²) < 4.78 is 6.02. The molecule has 3 saturated heterocycles. The summed E-state index contributed by atoms with van der Waals surface area (Å²) >= 11 is 0. The standard InChI is InChI=1S/C23H24N2O3/c26-14-15-3-1-4-17(11-15)19-6-2-5-18-12-21(28-22(18)19)23(27)24-20-13-25-9-7-16(20)8-10-25/h1-6,11-12,16,20,26H,7-10,13-14H2,(H,24,27)/t20-/m0/s1. The molecule has 0 saturated carbocycles. The van der Waals surface area contributed by atoms with Crippen molar-refractivity contribution in [2.75, 3.05) is 19.6 Å². The van der Waals surface area contributed by atoms with Crippen molar-refractivity contribution in [3.8, 4) is 11.1 Å². The first-order valence-electron chi connectivity index (χ1n) is 9.97. The lowest BCUT2D eigenvalue weighted by Gasteiger charge is -2.44. The molecule has 1 amide bonds. The normalized spacial score (nSPS) is 23.8. The van der Waals surface area contributed by atoms with Crippen LogP contribution in [0, 0.1) is 5.92 Å². The van der Waals surface area contributed by atoms with Crippen LogP contribution >= 0.6 is 0 Å².